The molecule has 12 heavy (non-hydrogen) atoms. The highest BCUT2D eigenvalue weighted by atomic mass is 16.2. The lowest BCUT2D eigenvalue weighted by Gasteiger charge is -2.28. The number of urea groups is 1. The number of carbonyl (C=O) groups is 1. The van der Waals surface area contributed by atoms with Gasteiger partial charge in [0.2, 0.25) is 0 Å². The van der Waals surface area contributed by atoms with Gasteiger partial charge < -0.3 is 10.2 Å². The summed E-state index contributed by atoms with van der Waals surface area (Å²) >= 11 is 0. The second-order valence-electron chi connectivity index (χ2n) is 3.43. The lowest BCUT2D eigenvalue weighted by Crippen LogP contribution is -2.47. The predicted octanol–water partition coefficient (Wildman–Crippen LogP) is 1.69. The molecule has 1 heterocycles. The Morgan fingerprint density at radius 3 is 2.75 bits per heavy atom. The van der Waals surface area contributed by atoms with E-state index in [2.05, 4.69) is 19.2 Å². The van der Waals surface area contributed by atoms with Crippen molar-refractivity contribution in [3.8, 4) is 0 Å². The van der Waals surface area contributed by atoms with Gasteiger partial charge in [0.1, 0.15) is 0 Å². The first-order valence-electron chi connectivity index (χ1n) is 4.23. The Labute approximate surface area is 75.1 Å². The number of rotatable bonds is 2. The molecule has 0 aromatic rings. The SMILES string of the molecule is C.CC(C)CN1CCCNC1=O. The van der Waals surface area contributed by atoms with Crippen LogP contribution in [-0.4, -0.2) is 30.6 Å². The molecule has 0 spiro atoms. The van der Waals surface area contributed by atoms with E-state index in [0.717, 1.165) is 26.1 Å². The van der Waals surface area contributed by atoms with Crippen molar-refractivity contribution in [1.82, 2.24) is 10.2 Å². The van der Waals surface area contributed by atoms with Gasteiger partial charge in [-0.25, -0.2) is 4.79 Å². The summed E-state index contributed by atoms with van der Waals surface area (Å²) in [5.74, 6) is 0.568. The smallest absolute Gasteiger partial charge is 0.317 e. The van der Waals surface area contributed by atoms with Crippen LogP contribution in [-0.2, 0) is 0 Å². The maximum atomic E-state index is 11.1. The normalized spacial score (nSPS) is 17.2. The number of nitrogens with zero attached hydrogens (tertiary/aromatic N) is 1. The summed E-state index contributed by atoms with van der Waals surface area (Å²) in [5, 5.41) is 2.82. The summed E-state index contributed by atoms with van der Waals surface area (Å²) < 4.78 is 0. The average Bonchev–Trinajstić information content (AvgIpc) is 1.93. The molecule has 0 aromatic carbocycles. The predicted molar refractivity (Wildman–Crippen MR) is 51.2 cm³/mol. The third-order valence-corrected chi connectivity index (χ3v) is 1.75. The molecule has 1 fully saturated rings. The van der Waals surface area contributed by atoms with Crippen molar-refractivity contribution < 1.29 is 4.79 Å². The first-order chi connectivity index (χ1) is 5.20. The minimum atomic E-state index is 0. The molecule has 0 unspecified atom stereocenters. The molecular weight excluding hydrogens is 152 g/mol. The van der Waals surface area contributed by atoms with Gasteiger partial charge in [0.05, 0.1) is 0 Å². The molecule has 3 heteroatoms. The van der Waals surface area contributed by atoms with Crippen LogP contribution < -0.4 is 5.32 Å². The zero-order valence-electron chi connectivity index (χ0n) is 7.26. The monoisotopic (exact) mass is 172 g/mol. The number of amides is 2. The van der Waals surface area contributed by atoms with E-state index >= 15 is 0 Å². The summed E-state index contributed by atoms with van der Waals surface area (Å²) in [7, 11) is 0. The Hall–Kier alpha value is -0.730. The van der Waals surface area contributed by atoms with Gasteiger partial charge in [0.25, 0.3) is 0 Å². The molecule has 1 N–H and O–H groups in total. The van der Waals surface area contributed by atoms with Gasteiger partial charge in [-0.15, -0.1) is 0 Å². The third-order valence-electron chi connectivity index (χ3n) is 1.75. The van der Waals surface area contributed by atoms with Gasteiger partial charge >= 0.3 is 6.03 Å². The van der Waals surface area contributed by atoms with Crippen LogP contribution >= 0.6 is 0 Å². The van der Waals surface area contributed by atoms with Crippen LogP contribution in [0.15, 0.2) is 0 Å². The van der Waals surface area contributed by atoms with Crippen molar-refractivity contribution in [2.24, 2.45) is 5.92 Å². The quantitative estimate of drug-likeness (QED) is 0.675. The molecule has 0 radical (unpaired) electrons. The maximum Gasteiger partial charge on any atom is 0.317 e. The van der Waals surface area contributed by atoms with Gasteiger partial charge in [0, 0.05) is 19.6 Å². The molecule has 0 aromatic heterocycles. The fourth-order valence-corrected chi connectivity index (χ4v) is 1.29. The number of carbonyl (C=O) groups excluding carboxylic acids is 1. The maximum absolute atomic E-state index is 11.1. The molecule has 3 nitrogen and oxygen atoms in total. The summed E-state index contributed by atoms with van der Waals surface area (Å²) in [5.41, 5.74) is 0. The minimum Gasteiger partial charge on any atom is -0.338 e. The van der Waals surface area contributed by atoms with E-state index in [-0.39, 0.29) is 13.5 Å². The zero-order chi connectivity index (χ0) is 8.27. The third kappa shape index (κ3) is 3.11. The summed E-state index contributed by atoms with van der Waals surface area (Å²) in [6.07, 6.45) is 1.08. The van der Waals surface area contributed by atoms with Gasteiger partial charge in [-0.1, -0.05) is 21.3 Å². The molecule has 72 valence electrons. The fraction of sp³-hybridized carbons (Fsp3) is 0.889. The van der Waals surface area contributed by atoms with Crippen molar-refractivity contribution in [3.05, 3.63) is 0 Å². The van der Waals surface area contributed by atoms with E-state index in [1.807, 2.05) is 4.90 Å². The van der Waals surface area contributed by atoms with Crippen molar-refractivity contribution in [2.45, 2.75) is 27.7 Å². The average molecular weight is 172 g/mol. The zero-order valence-corrected chi connectivity index (χ0v) is 7.26. The van der Waals surface area contributed by atoms with Crippen LogP contribution in [0.5, 0.6) is 0 Å². The van der Waals surface area contributed by atoms with Crippen LogP contribution in [0.4, 0.5) is 4.79 Å². The Kier molecular flexibility index (Phi) is 4.71. The summed E-state index contributed by atoms with van der Waals surface area (Å²) in [6, 6.07) is 0.102. The molecule has 1 saturated heterocycles. The number of hydrogen-bond acceptors (Lipinski definition) is 1. The van der Waals surface area contributed by atoms with E-state index in [1.54, 1.807) is 0 Å². The second kappa shape index (κ2) is 5.01. The van der Waals surface area contributed by atoms with Crippen LogP contribution in [0.25, 0.3) is 0 Å². The lowest BCUT2D eigenvalue weighted by molar-refractivity contribution is 0.179. The van der Waals surface area contributed by atoms with Crippen molar-refractivity contribution in [1.29, 1.82) is 0 Å². The molecule has 1 aliphatic heterocycles. The Balaban J connectivity index is 0.00000121. The Bertz CT molecular complexity index is 145. The van der Waals surface area contributed by atoms with Crippen molar-refractivity contribution >= 4 is 6.03 Å². The second-order valence-corrected chi connectivity index (χ2v) is 3.43. The fourth-order valence-electron chi connectivity index (χ4n) is 1.29. The summed E-state index contributed by atoms with van der Waals surface area (Å²) in [4.78, 5) is 13.0. The number of nitrogens with one attached hydrogen (secondary N) is 1. The molecule has 0 saturated carbocycles. The topological polar surface area (TPSA) is 32.3 Å². The highest BCUT2D eigenvalue weighted by molar-refractivity contribution is 5.74. The van der Waals surface area contributed by atoms with Crippen LogP contribution in [0.1, 0.15) is 27.7 Å². The molecule has 1 rings (SSSR count). The standard InChI is InChI=1S/C8H16N2O.CH4/c1-7(2)6-10-5-3-4-9-8(10)11;/h7H,3-6H2,1-2H3,(H,9,11);1H4. The molecule has 1 aliphatic rings. The largest absolute Gasteiger partial charge is 0.338 e. The van der Waals surface area contributed by atoms with Crippen LogP contribution in [0, 0.1) is 5.92 Å². The first-order valence-corrected chi connectivity index (χ1v) is 4.23. The molecular formula is C9H20N2O. The Morgan fingerprint density at radius 2 is 2.25 bits per heavy atom. The first kappa shape index (κ1) is 11.3. The molecule has 0 aliphatic carbocycles. The van der Waals surface area contributed by atoms with E-state index in [1.165, 1.54) is 0 Å². The minimum absolute atomic E-state index is 0. The number of hydrogen-bond donors (Lipinski definition) is 1. The van der Waals surface area contributed by atoms with Gasteiger partial charge in [0.15, 0.2) is 0 Å². The van der Waals surface area contributed by atoms with E-state index in [9.17, 15) is 4.79 Å². The summed E-state index contributed by atoms with van der Waals surface area (Å²) in [6.45, 7) is 6.90. The lowest BCUT2D eigenvalue weighted by atomic mass is 10.2. The van der Waals surface area contributed by atoms with E-state index in [0.29, 0.717) is 5.92 Å². The molecule has 0 bridgehead atoms. The van der Waals surface area contributed by atoms with E-state index < -0.39 is 0 Å². The van der Waals surface area contributed by atoms with Crippen LogP contribution in [0.2, 0.25) is 0 Å². The van der Waals surface area contributed by atoms with Gasteiger partial charge in [-0.05, 0) is 12.3 Å². The van der Waals surface area contributed by atoms with Crippen molar-refractivity contribution in [3.63, 3.8) is 0 Å². The van der Waals surface area contributed by atoms with Gasteiger partial charge in [-0.3, -0.25) is 0 Å². The molecule has 2 amide bonds. The molecule has 0 atom stereocenters. The Morgan fingerprint density at radius 1 is 1.58 bits per heavy atom. The van der Waals surface area contributed by atoms with Gasteiger partial charge in [-0.2, -0.15) is 0 Å². The van der Waals surface area contributed by atoms with Crippen LogP contribution in [0.3, 0.4) is 0 Å². The highest BCUT2D eigenvalue weighted by Gasteiger charge is 2.17. The van der Waals surface area contributed by atoms with Crippen molar-refractivity contribution in [2.75, 3.05) is 19.6 Å². The van der Waals surface area contributed by atoms with E-state index in [4.69, 9.17) is 0 Å². The highest BCUT2D eigenvalue weighted by Crippen LogP contribution is 2.03.